The van der Waals surface area contributed by atoms with Gasteiger partial charge in [0.1, 0.15) is 5.75 Å². The molecule has 1 heterocycles. The fraction of sp³-hybridized carbons (Fsp3) is 0.348. The maximum Gasteiger partial charge on any atom is 0.417 e. The van der Waals surface area contributed by atoms with E-state index in [1.165, 1.54) is 18.2 Å². The van der Waals surface area contributed by atoms with Gasteiger partial charge in [-0.3, -0.25) is 4.90 Å². The summed E-state index contributed by atoms with van der Waals surface area (Å²) in [5.41, 5.74) is -0.0170. The van der Waals surface area contributed by atoms with E-state index in [1.807, 2.05) is 0 Å². The lowest BCUT2D eigenvalue weighted by Gasteiger charge is -2.26. The van der Waals surface area contributed by atoms with E-state index in [4.69, 9.17) is 4.74 Å². The molecule has 0 amide bonds. The number of hydrogen-bond donors (Lipinski definition) is 2. The third-order valence-corrected chi connectivity index (χ3v) is 5.02. The fourth-order valence-corrected chi connectivity index (χ4v) is 3.38. The highest BCUT2D eigenvalue weighted by Crippen LogP contribution is 2.33. The highest BCUT2D eigenvalue weighted by Gasteiger charge is 2.33. The van der Waals surface area contributed by atoms with Crippen molar-refractivity contribution in [3.05, 3.63) is 64.2 Å². The Kier molecular flexibility index (Phi) is 7.21. The quantitative estimate of drug-likeness (QED) is 0.703. The molecule has 0 aliphatic carbocycles. The minimum Gasteiger partial charge on any atom is -0.508 e. The average Bonchev–Trinajstić information content (AvgIpc) is 2.73. The van der Waals surface area contributed by atoms with Gasteiger partial charge >= 0.3 is 12.1 Å². The number of aromatic carboxylic acids is 1. The number of benzene rings is 2. The molecule has 0 radical (unpaired) electrons. The van der Waals surface area contributed by atoms with E-state index < -0.39 is 23.5 Å². The third-order valence-electron chi connectivity index (χ3n) is 5.02. The third kappa shape index (κ3) is 6.23. The van der Waals surface area contributed by atoms with Crippen LogP contribution in [0.5, 0.6) is 5.75 Å². The number of carbonyl (C=O) groups is 1. The SMILES string of the molecule is O=C(O)c1ccc(C#Cc2ccc(O)cc2C(F)(F)F)c(CCCN2CCOCC2)c1. The Bertz CT molecular complexity index is 1000. The summed E-state index contributed by atoms with van der Waals surface area (Å²) in [5, 5.41) is 18.7. The predicted molar refractivity (Wildman–Crippen MR) is 108 cm³/mol. The second-order valence-electron chi connectivity index (χ2n) is 7.21. The van der Waals surface area contributed by atoms with Gasteiger partial charge < -0.3 is 14.9 Å². The Morgan fingerprint density at radius 2 is 1.74 bits per heavy atom. The van der Waals surface area contributed by atoms with Crippen molar-refractivity contribution in [3.8, 4) is 17.6 Å². The second-order valence-corrected chi connectivity index (χ2v) is 7.21. The Labute approximate surface area is 178 Å². The number of rotatable bonds is 5. The lowest BCUT2D eigenvalue weighted by molar-refractivity contribution is -0.137. The first kappa shape index (κ1) is 22.7. The van der Waals surface area contributed by atoms with Crippen LogP contribution >= 0.6 is 0 Å². The van der Waals surface area contributed by atoms with Crippen LogP contribution in [0.15, 0.2) is 36.4 Å². The number of carboxylic acids is 1. The molecule has 2 aromatic rings. The zero-order valence-corrected chi connectivity index (χ0v) is 16.7. The number of morpholine rings is 1. The lowest BCUT2D eigenvalue weighted by atomic mass is 9.99. The van der Waals surface area contributed by atoms with Crippen molar-refractivity contribution in [2.24, 2.45) is 0 Å². The van der Waals surface area contributed by atoms with Crippen molar-refractivity contribution in [2.45, 2.75) is 19.0 Å². The largest absolute Gasteiger partial charge is 0.508 e. The molecule has 1 aliphatic heterocycles. The number of halogens is 3. The molecule has 164 valence electrons. The minimum absolute atomic E-state index is 0.104. The van der Waals surface area contributed by atoms with Gasteiger partial charge in [0.2, 0.25) is 0 Å². The summed E-state index contributed by atoms with van der Waals surface area (Å²) in [6, 6.07) is 7.34. The maximum absolute atomic E-state index is 13.3. The van der Waals surface area contributed by atoms with Crippen LogP contribution in [0, 0.1) is 11.8 Å². The summed E-state index contributed by atoms with van der Waals surface area (Å²) < 4.78 is 45.1. The van der Waals surface area contributed by atoms with Gasteiger partial charge in [0.15, 0.2) is 0 Å². The van der Waals surface area contributed by atoms with Crippen LogP contribution in [0.2, 0.25) is 0 Å². The van der Waals surface area contributed by atoms with Crippen LogP contribution in [0.3, 0.4) is 0 Å². The summed E-state index contributed by atoms with van der Waals surface area (Å²) in [4.78, 5) is 13.6. The van der Waals surface area contributed by atoms with Crippen LogP contribution in [0.4, 0.5) is 13.2 Å². The number of nitrogens with zero attached hydrogens (tertiary/aromatic N) is 1. The van der Waals surface area contributed by atoms with Crippen LogP contribution in [-0.4, -0.2) is 53.9 Å². The molecule has 0 saturated carbocycles. The summed E-state index contributed by atoms with van der Waals surface area (Å²) in [7, 11) is 0. The van der Waals surface area contributed by atoms with Crippen molar-refractivity contribution in [1.82, 2.24) is 4.90 Å². The molecular formula is C23H22F3NO4. The summed E-state index contributed by atoms with van der Waals surface area (Å²) in [6.07, 6.45) is -3.36. The van der Waals surface area contributed by atoms with Crippen molar-refractivity contribution in [2.75, 3.05) is 32.8 Å². The number of phenols is 1. The molecule has 0 spiro atoms. The van der Waals surface area contributed by atoms with Crippen molar-refractivity contribution in [3.63, 3.8) is 0 Å². The first-order chi connectivity index (χ1) is 14.7. The zero-order valence-electron chi connectivity index (χ0n) is 16.7. The molecule has 0 bridgehead atoms. The Morgan fingerprint density at radius 3 is 2.42 bits per heavy atom. The average molecular weight is 433 g/mol. The maximum atomic E-state index is 13.3. The van der Waals surface area contributed by atoms with Gasteiger partial charge in [-0.25, -0.2) is 4.79 Å². The molecule has 0 aromatic heterocycles. The minimum atomic E-state index is -4.66. The van der Waals surface area contributed by atoms with Crippen LogP contribution < -0.4 is 0 Å². The monoisotopic (exact) mass is 433 g/mol. The van der Waals surface area contributed by atoms with Gasteiger partial charge in [0, 0.05) is 24.2 Å². The molecule has 1 aliphatic rings. The van der Waals surface area contributed by atoms with Crippen molar-refractivity contribution < 1.29 is 32.9 Å². The number of aromatic hydroxyl groups is 1. The van der Waals surface area contributed by atoms with E-state index in [-0.39, 0.29) is 11.1 Å². The zero-order chi connectivity index (χ0) is 22.4. The molecular weight excluding hydrogens is 411 g/mol. The van der Waals surface area contributed by atoms with E-state index >= 15 is 0 Å². The van der Waals surface area contributed by atoms with E-state index in [0.29, 0.717) is 36.8 Å². The molecule has 3 rings (SSSR count). The molecule has 1 saturated heterocycles. The van der Waals surface area contributed by atoms with Crippen LogP contribution in [0.1, 0.15) is 39.0 Å². The van der Waals surface area contributed by atoms with Crippen molar-refractivity contribution in [1.29, 1.82) is 0 Å². The van der Waals surface area contributed by atoms with E-state index in [0.717, 1.165) is 38.2 Å². The Balaban J connectivity index is 1.85. The van der Waals surface area contributed by atoms with E-state index in [2.05, 4.69) is 16.7 Å². The molecule has 2 aromatic carbocycles. The number of phenolic OH excluding ortho intramolecular Hbond substituents is 1. The van der Waals surface area contributed by atoms with Gasteiger partial charge in [-0.1, -0.05) is 11.8 Å². The smallest absolute Gasteiger partial charge is 0.417 e. The Morgan fingerprint density at radius 1 is 1.06 bits per heavy atom. The Hall–Kier alpha value is -3.02. The molecule has 1 fully saturated rings. The van der Waals surface area contributed by atoms with Crippen LogP contribution in [0.25, 0.3) is 0 Å². The number of alkyl halides is 3. The highest BCUT2D eigenvalue weighted by atomic mass is 19.4. The molecule has 0 unspecified atom stereocenters. The first-order valence-electron chi connectivity index (χ1n) is 9.82. The fourth-order valence-electron chi connectivity index (χ4n) is 3.38. The normalized spacial score (nSPS) is 14.7. The standard InChI is InChI=1S/C23H22F3NO4/c24-23(25,26)21-15-20(28)8-7-17(21)5-3-16-4-6-19(22(29)30)14-18(16)2-1-9-27-10-12-31-13-11-27/h4,6-8,14-15,28H,1-2,9-13H2,(H,29,30). The van der Waals surface area contributed by atoms with Gasteiger partial charge in [-0.2, -0.15) is 13.2 Å². The number of aryl methyl sites for hydroxylation is 1. The number of hydrogen-bond acceptors (Lipinski definition) is 4. The first-order valence-corrected chi connectivity index (χ1v) is 9.82. The van der Waals surface area contributed by atoms with Crippen LogP contribution in [-0.2, 0) is 17.3 Å². The topological polar surface area (TPSA) is 70.0 Å². The van der Waals surface area contributed by atoms with Gasteiger partial charge in [0.25, 0.3) is 0 Å². The summed E-state index contributed by atoms with van der Waals surface area (Å²) in [5.74, 6) is 3.72. The molecule has 2 N–H and O–H groups in total. The van der Waals surface area contributed by atoms with Crippen molar-refractivity contribution >= 4 is 5.97 Å². The molecule has 5 nitrogen and oxygen atoms in total. The molecule has 0 atom stereocenters. The predicted octanol–water partition coefficient (Wildman–Crippen LogP) is 3.77. The van der Waals surface area contributed by atoms with Gasteiger partial charge in [-0.05, 0) is 61.3 Å². The highest BCUT2D eigenvalue weighted by molar-refractivity contribution is 5.88. The van der Waals surface area contributed by atoms with E-state index in [1.54, 1.807) is 0 Å². The number of ether oxygens (including phenoxy) is 1. The molecule has 31 heavy (non-hydrogen) atoms. The second kappa shape index (κ2) is 9.86. The lowest BCUT2D eigenvalue weighted by Crippen LogP contribution is -2.36. The summed E-state index contributed by atoms with van der Waals surface area (Å²) >= 11 is 0. The van der Waals surface area contributed by atoms with E-state index in [9.17, 15) is 28.2 Å². The molecule has 8 heteroatoms. The summed E-state index contributed by atoms with van der Waals surface area (Å²) in [6.45, 7) is 3.84. The van der Waals surface area contributed by atoms with Gasteiger partial charge in [-0.15, -0.1) is 0 Å². The van der Waals surface area contributed by atoms with Gasteiger partial charge in [0.05, 0.1) is 24.3 Å². The number of carboxylic acid groups (broad SMARTS) is 1.